The largest absolute Gasteiger partial charge is 0.496 e. The number of halogens is 3. The van der Waals surface area contributed by atoms with Gasteiger partial charge in [-0.1, -0.05) is 12.1 Å². The molecule has 0 unspecified atom stereocenters. The lowest BCUT2D eigenvalue weighted by Crippen LogP contribution is -2.32. The van der Waals surface area contributed by atoms with Crippen molar-refractivity contribution < 1.29 is 32.2 Å². The molecule has 0 bridgehead atoms. The zero-order valence-electron chi connectivity index (χ0n) is 18.4. The van der Waals surface area contributed by atoms with Crippen LogP contribution in [0.2, 0.25) is 0 Å². The summed E-state index contributed by atoms with van der Waals surface area (Å²) in [4.78, 5) is 15.2. The van der Waals surface area contributed by atoms with E-state index in [2.05, 4.69) is 0 Å². The first-order valence-corrected chi connectivity index (χ1v) is 10.4. The second-order valence-electron chi connectivity index (χ2n) is 8.07. The fourth-order valence-corrected chi connectivity index (χ4v) is 4.56. The lowest BCUT2D eigenvalue weighted by Gasteiger charge is -2.25. The molecule has 1 N–H and O–H groups in total. The molecule has 33 heavy (non-hydrogen) atoms. The zero-order chi connectivity index (χ0) is 23.9. The minimum atomic E-state index is -4.47. The van der Waals surface area contributed by atoms with Crippen molar-refractivity contribution in [1.29, 1.82) is 0 Å². The Morgan fingerprint density at radius 1 is 1.12 bits per heavy atom. The Balaban J connectivity index is 1.97. The van der Waals surface area contributed by atoms with Gasteiger partial charge in [0.2, 0.25) is 0 Å². The van der Waals surface area contributed by atoms with Crippen molar-refractivity contribution in [2.45, 2.75) is 24.6 Å². The van der Waals surface area contributed by atoms with E-state index in [-0.39, 0.29) is 46.5 Å². The number of alkyl halides is 3. The smallest absolute Gasteiger partial charge is 0.416 e. The Morgan fingerprint density at radius 2 is 1.79 bits per heavy atom. The predicted octanol–water partition coefficient (Wildman–Crippen LogP) is 4.28. The monoisotopic (exact) mass is 463 g/mol. The summed E-state index contributed by atoms with van der Waals surface area (Å²) in [7, 11) is 4.83. The van der Waals surface area contributed by atoms with E-state index in [9.17, 15) is 23.1 Å². The number of methoxy groups -OCH3 is 2. The average Bonchev–Trinajstić information content (AvgIpc) is 3.16. The Hall–Kier alpha value is -3.04. The van der Waals surface area contributed by atoms with Gasteiger partial charge in [-0.25, -0.2) is 0 Å². The number of nitrogens with zero attached hydrogens (tertiary/aromatic N) is 1. The van der Waals surface area contributed by atoms with Crippen LogP contribution >= 0.6 is 0 Å². The molecular weight excluding hydrogens is 439 g/mol. The molecule has 2 heterocycles. The summed E-state index contributed by atoms with van der Waals surface area (Å²) in [6.07, 6.45) is -3.77. The average molecular weight is 463 g/mol. The Kier molecular flexibility index (Phi) is 6.11. The maximum Gasteiger partial charge on any atom is 0.416 e. The number of fused-ring (bicyclic) bond motifs is 1. The van der Waals surface area contributed by atoms with Crippen molar-refractivity contribution in [3.05, 3.63) is 57.7 Å². The highest BCUT2D eigenvalue weighted by Crippen LogP contribution is 2.45. The maximum atomic E-state index is 13.1. The van der Waals surface area contributed by atoms with Gasteiger partial charge in [-0.2, -0.15) is 13.2 Å². The van der Waals surface area contributed by atoms with Gasteiger partial charge >= 0.3 is 6.18 Å². The van der Waals surface area contributed by atoms with Crippen LogP contribution < -0.4 is 14.9 Å². The van der Waals surface area contributed by atoms with E-state index in [1.807, 2.05) is 11.9 Å². The molecule has 2 atom stereocenters. The van der Waals surface area contributed by atoms with Gasteiger partial charge in [-0.3, -0.25) is 4.79 Å². The summed E-state index contributed by atoms with van der Waals surface area (Å²) in [6.45, 7) is 0.635. The minimum Gasteiger partial charge on any atom is -0.496 e. The normalized spacial score (nSPS) is 19.2. The molecule has 9 heteroatoms. The summed E-state index contributed by atoms with van der Waals surface area (Å²) in [5.74, 6) is 0.662. The summed E-state index contributed by atoms with van der Waals surface area (Å²) in [6, 6.07) is 7.08. The molecule has 3 aromatic rings. The first-order chi connectivity index (χ1) is 15.7. The molecular formula is C24H24F3NO5. The van der Waals surface area contributed by atoms with Crippen LogP contribution in [0.3, 0.4) is 0 Å². The van der Waals surface area contributed by atoms with Crippen molar-refractivity contribution in [2.24, 2.45) is 0 Å². The minimum absolute atomic E-state index is 0.0966. The third kappa shape index (κ3) is 4.06. The van der Waals surface area contributed by atoms with Gasteiger partial charge in [-0.05, 0) is 32.1 Å². The quantitative estimate of drug-likeness (QED) is 0.609. The third-order valence-electron chi connectivity index (χ3n) is 6.28. The fourth-order valence-electron chi connectivity index (χ4n) is 4.56. The van der Waals surface area contributed by atoms with Crippen molar-refractivity contribution in [3.63, 3.8) is 0 Å². The Morgan fingerprint density at radius 3 is 2.36 bits per heavy atom. The molecule has 1 fully saturated rings. The standard InChI is InChI=1S/C24H24F3NO5/c1-28-9-8-15(16(28)12-29)21-19(31-2)11-20(32-3)22-17(30)10-18(33-23(21)22)13-4-6-14(7-5-13)24(25,26)27/h4-7,10-11,15-16,29H,8-9,12H2,1-3H3/t15-,16+/m1/s1. The van der Waals surface area contributed by atoms with Crippen LogP contribution in [0.25, 0.3) is 22.3 Å². The van der Waals surface area contributed by atoms with Crippen LogP contribution in [0.4, 0.5) is 13.2 Å². The van der Waals surface area contributed by atoms with E-state index in [1.54, 1.807) is 6.07 Å². The molecule has 1 aliphatic rings. The first-order valence-electron chi connectivity index (χ1n) is 10.4. The first kappa shape index (κ1) is 23.1. The van der Waals surface area contributed by atoms with Crippen molar-refractivity contribution in [1.82, 2.24) is 4.90 Å². The van der Waals surface area contributed by atoms with Crippen LogP contribution in [-0.2, 0) is 6.18 Å². The van der Waals surface area contributed by atoms with Crippen molar-refractivity contribution >= 4 is 11.0 Å². The molecule has 0 radical (unpaired) electrons. The van der Waals surface area contributed by atoms with E-state index in [0.717, 1.165) is 18.7 Å². The fraction of sp³-hybridized carbons (Fsp3) is 0.375. The highest BCUT2D eigenvalue weighted by Gasteiger charge is 2.37. The van der Waals surface area contributed by atoms with E-state index in [0.29, 0.717) is 23.3 Å². The summed E-state index contributed by atoms with van der Waals surface area (Å²) < 4.78 is 56.1. The van der Waals surface area contributed by atoms with Gasteiger partial charge in [-0.15, -0.1) is 0 Å². The number of hydrogen-bond acceptors (Lipinski definition) is 6. The molecule has 0 saturated carbocycles. The molecule has 1 aromatic heterocycles. The number of ether oxygens (including phenoxy) is 2. The van der Waals surface area contributed by atoms with Gasteiger partial charge in [0, 0.05) is 35.2 Å². The number of hydrogen-bond donors (Lipinski definition) is 1. The Labute approximate surface area is 188 Å². The molecule has 0 amide bonds. The lowest BCUT2D eigenvalue weighted by molar-refractivity contribution is -0.137. The molecule has 1 saturated heterocycles. The van der Waals surface area contributed by atoms with Crippen LogP contribution in [0.15, 0.2) is 45.6 Å². The number of aliphatic hydroxyl groups excluding tert-OH is 1. The Bertz CT molecular complexity index is 1220. The van der Waals surface area contributed by atoms with Crippen molar-refractivity contribution in [2.75, 3.05) is 34.4 Å². The topological polar surface area (TPSA) is 72.1 Å². The predicted molar refractivity (Wildman–Crippen MR) is 117 cm³/mol. The van der Waals surface area contributed by atoms with Gasteiger partial charge in [0.1, 0.15) is 28.2 Å². The number of likely N-dealkylation sites (N-methyl/N-ethyl adjacent to an activating group) is 1. The number of likely N-dealkylation sites (tertiary alicyclic amines) is 1. The van der Waals surface area contributed by atoms with Gasteiger partial charge in [0.05, 0.1) is 26.4 Å². The third-order valence-corrected chi connectivity index (χ3v) is 6.28. The zero-order valence-corrected chi connectivity index (χ0v) is 18.4. The summed E-state index contributed by atoms with van der Waals surface area (Å²) >= 11 is 0. The molecule has 0 spiro atoms. The van der Waals surface area contributed by atoms with Crippen molar-refractivity contribution in [3.8, 4) is 22.8 Å². The molecule has 176 valence electrons. The second-order valence-corrected chi connectivity index (χ2v) is 8.07. The van der Waals surface area contributed by atoms with E-state index in [4.69, 9.17) is 13.9 Å². The summed E-state index contributed by atoms with van der Waals surface area (Å²) in [5.41, 5.74) is 0.0175. The molecule has 4 rings (SSSR count). The van der Waals surface area contributed by atoms with Crippen LogP contribution in [0.1, 0.15) is 23.5 Å². The SMILES string of the molecule is COc1cc(OC)c2c(=O)cc(-c3ccc(C(F)(F)F)cc3)oc2c1[C@@H]1CCN(C)[C@H]1CO. The van der Waals surface area contributed by atoms with Gasteiger partial charge in [0.15, 0.2) is 5.43 Å². The number of rotatable bonds is 5. The van der Waals surface area contributed by atoms with Crippen LogP contribution in [0.5, 0.6) is 11.5 Å². The molecule has 0 aliphatic carbocycles. The lowest BCUT2D eigenvalue weighted by atomic mass is 9.89. The van der Waals surface area contributed by atoms with Gasteiger partial charge < -0.3 is 23.9 Å². The number of benzene rings is 2. The van der Waals surface area contributed by atoms with Crippen LogP contribution in [-0.4, -0.2) is 50.5 Å². The number of aliphatic hydroxyl groups is 1. The van der Waals surface area contributed by atoms with Crippen LogP contribution in [0, 0.1) is 0 Å². The van der Waals surface area contributed by atoms with Gasteiger partial charge in [0.25, 0.3) is 0 Å². The highest BCUT2D eigenvalue weighted by molar-refractivity contribution is 5.90. The molecule has 6 nitrogen and oxygen atoms in total. The molecule has 2 aromatic carbocycles. The molecule has 1 aliphatic heterocycles. The summed E-state index contributed by atoms with van der Waals surface area (Å²) in [5, 5.41) is 10.2. The second kappa shape index (κ2) is 8.72. The highest BCUT2D eigenvalue weighted by atomic mass is 19.4. The van der Waals surface area contributed by atoms with E-state index < -0.39 is 11.7 Å². The maximum absolute atomic E-state index is 13.1. The van der Waals surface area contributed by atoms with E-state index >= 15 is 0 Å². The van der Waals surface area contributed by atoms with E-state index in [1.165, 1.54) is 32.4 Å².